The van der Waals surface area contributed by atoms with Gasteiger partial charge in [-0.25, -0.2) is 4.79 Å². The van der Waals surface area contributed by atoms with Crippen LogP contribution in [-0.4, -0.2) is 119 Å². The van der Waals surface area contributed by atoms with Crippen LogP contribution in [0.5, 0.6) is 0 Å². The van der Waals surface area contributed by atoms with Crippen LogP contribution in [0.1, 0.15) is 20.7 Å². The Hall–Kier alpha value is -2.05. The minimum atomic E-state index is -1.80. The number of amides is 3. The van der Waals surface area contributed by atoms with Crippen molar-refractivity contribution in [2.24, 2.45) is 0 Å². The molecular formula is C23H25ClI3N3O12. The Morgan fingerprint density at radius 3 is 1.60 bits per heavy atom. The molecule has 0 radical (unpaired) electrons. The van der Waals surface area contributed by atoms with Crippen LogP contribution >= 0.6 is 79.4 Å². The van der Waals surface area contributed by atoms with Gasteiger partial charge < -0.3 is 38.8 Å². The summed E-state index contributed by atoms with van der Waals surface area (Å²) in [6.07, 6.45) is 0. The average molecular weight is 952 g/mol. The van der Waals surface area contributed by atoms with Crippen LogP contribution in [0.4, 0.5) is 5.69 Å². The zero-order valence-corrected chi connectivity index (χ0v) is 29.9. The van der Waals surface area contributed by atoms with Gasteiger partial charge in [-0.15, -0.1) is 0 Å². The molecule has 42 heavy (non-hydrogen) atoms. The molecule has 1 N–H and O–H groups in total. The third kappa shape index (κ3) is 9.74. The molecule has 232 valence electrons. The SMILES string of the molecule is COCC(=O)Nc1c(I)c(C(=O)N(CC(=O)OC)CC(=O)OC)c(I)c(C(=O)N(CC(=O)OC)C(Cl)C(=O)OC)c1I. The summed E-state index contributed by atoms with van der Waals surface area (Å²) >= 11 is 11.4. The fourth-order valence-electron chi connectivity index (χ4n) is 3.08. The first-order chi connectivity index (χ1) is 19.7. The normalized spacial score (nSPS) is 11.1. The maximum Gasteiger partial charge on any atom is 0.344 e. The third-order valence-corrected chi connectivity index (χ3v) is 8.77. The Morgan fingerprint density at radius 2 is 1.17 bits per heavy atom. The second kappa shape index (κ2) is 17.9. The van der Waals surface area contributed by atoms with E-state index in [9.17, 15) is 33.6 Å². The topological polar surface area (TPSA) is 184 Å². The molecule has 0 aromatic heterocycles. The molecule has 0 aliphatic rings. The van der Waals surface area contributed by atoms with E-state index in [0.717, 1.165) is 33.3 Å². The molecule has 19 heteroatoms. The Morgan fingerprint density at radius 1 is 0.714 bits per heavy atom. The number of methoxy groups -OCH3 is 5. The van der Waals surface area contributed by atoms with Crippen molar-refractivity contribution in [2.45, 2.75) is 5.50 Å². The molecule has 0 saturated heterocycles. The molecule has 1 atom stereocenters. The van der Waals surface area contributed by atoms with Crippen molar-refractivity contribution >= 4 is 127 Å². The second-order valence-corrected chi connectivity index (χ2v) is 11.4. The fraction of sp³-hybridized carbons (Fsp3) is 0.435. The van der Waals surface area contributed by atoms with Crippen LogP contribution in [0.2, 0.25) is 0 Å². The zero-order valence-electron chi connectivity index (χ0n) is 22.7. The Labute approximate surface area is 285 Å². The number of anilines is 1. The molecular weight excluding hydrogens is 926 g/mol. The van der Waals surface area contributed by atoms with Gasteiger partial charge in [0.25, 0.3) is 11.8 Å². The standard InChI is InChI=1S/C23H25ClI3N3O12/c1-38-9-10(31)28-19-17(26)14(21(35)29(6-11(32)39-2)7-12(33)40-3)16(25)15(18(19)27)22(36)30(8-13(34)41-4)20(24)23(37)42-5/h20H,6-9H2,1-5H3,(H,28,31). The van der Waals surface area contributed by atoms with E-state index in [2.05, 4.69) is 24.3 Å². The number of hydrogen-bond donors (Lipinski definition) is 1. The summed E-state index contributed by atoms with van der Waals surface area (Å²) in [4.78, 5) is 90.5. The van der Waals surface area contributed by atoms with Gasteiger partial charge in [-0.2, -0.15) is 0 Å². The van der Waals surface area contributed by atoms with Gasteiger partial charge in [-0.05, 0) is 67.8 Å². The summed E-state index contributed by atoms with van der Waals surface area (Å²) in [5.74, 6) is -6.30. The molecule has 0 heterocycles. The molecule has 1 aromatic carbocycles. The number of benzene rings is 1. The lowest BCUT2D eigenvalue weighted by Crippen LogP contribution is -2.46. The molecule has 0 aliphatic carbocycles. The predicted molar refractivity (Wildman–Crippen MR) is 170 cm³/mol. The number of carbonyl (C=O) groups is 7. The number of nitrogens with zero attached hydrogens (tertiary/aromatic N) is 2. The number of carbonyl (C=O) groups excluding carboxylic acids is 7. The highest BCUT2D eigenvalue weighted by Gasteiger charge is 2.37. The van der Waals surface area contributed by atoms with E-state index >= 15 is 0 Å². The molecule has 0 spiro atoms. The first kappa shape index (κ1) is 38.0. The van der Waals surface area contributed by atoms with Gasteiger partial charge in [0, 0.05) is 10.7 Å². The van der Waals surface area contributed by atoms with Gasteiger partial charge >= 0.3 is 23.9 Å². The highest BCUT2D eigenvalue weighted by Crippen LogP contribution is 2.37. The van der Waals surface area contributed by atoms with E-state index in [1.807, 2.05) is 0 Å². The number of ether oxygens (including phenoxy) is 5. The number of rotatable bonds is 13. The van der Waals surface area contributed by atoms with Crippen molar-refractivity contribution in [1.82, 2.24) is 9.80 Å². The quantitative estimate of drug-likeness (QED) is 0.0984. The van der Waals surface area contributed by atoms with Crippen LogP contribution in [0.3, 0.4) is 0 Å². The molecule has 3 amide bonds. The summed E-state index contributed by atoms with van der Waals surface area (Å²) in [7, 11) is 5.53. The van der Waals surface area contributed by atoms with Gasteiger partial charge in [0.05, 0.1) is 52.4 Å². The summed E-state index contributed by atoms with van der Waals surface area (Å²) in [6, 6.07) is 0. The van der Waals surface area contributed by atoms with Gasteiger partial charge in [0.1, 0.15) is 26.2 Å². The predicted octanol–water partition coefficient (Wildman–Crippen LogP) is 1.23. The molecule has 0 fully saturated rings. The van der Waals surface area contributed by atoms with E-state index in [-0.39, 0.29) is 34.1 Å². The summed E-state index contributed by atoms with van der Waals surface area (Å²) in [6.45, 7) is -2.51. The van der Waals surface area contributed by atoms with E-state index in [0.29, 0.717) is 4.90 Å². The highest BCUT2D eigenvalue weighted by atomic mass is 127. The highest BCUT2D eigenvalue weighted by molar-refractivity contribution is 14.1. The Balaban J connectivity index is 4.06. The fourth-order valence-corrected chi connectivity index (χ4v) is 7.69. The number of esters is 4. The molecule has 0 saturated carbocycles. The van der Waals surface area contributed by atoms with Gasteiger partial charge in [-0.3, -0.25) is 28.8 Å². The third-order valence-electron chi connectivity index (χ3n) is 5.12. The number of hydrogen-bond acceptors (Lipinski definition) is 12. The van der Waals surface area contributed by atoms with Crippen molar-refractivity contribution in [3.05, 3.63) is 21.8 Å². The van der Waals surface area contributed by atoms with Crippen LogP contribution in [0, 0.1) is 10.7 Å². The number of nitrogens with one attached hydrogen (secondary N) is 1. The lowest BCUT2D eigenvalue weighted by Gasteiger charge is -2.28. The lowest BCUT2D eigenvalue weighted by atomic mass is 10.1. The van der Waals surface area contributed by atoms with Crippen LogP contribution in [-0.2, 0) is 47.7 Å². The van der Waals surface area contributed by atoms with Crippen LogP contribution in [0.25, 0.3) is 0 Å². The van der Waals surface area contributed by atoms with Crippen molar-refractivity contribution in [3.63, 3.8) is 0 Å². The monoisotopic (exact) mass is 951 g/mol. The van der Waals surface area contributed by atoms with Crippen LogP contribution < -0.4 is 5.32 Å². The lowest BCUT2D eigenvalue weighted by molar-refractivity contribution is -0.147. The first-order valence-electron chi connectivity index (χ1n) is 11.2. The molecule has 15 nitrogen and oxygen atoms in total. The van der Waals surface area contributed by atoms with Crippen molar-refractivity contribution in [2.75, 3.05) is 67.1 Å². The maximum absolute atomic E-state index is 14.0. The molecule has 1 rings (SSSR count). The van der Waals surface area contributed by atoms with Crippen molar-refractivity contribution in [1.29, 1.82) is 0 Å². The van der Waals surface area contributed by atoms with E-state index < -0.39 is 66.7 Å². The molecule has 1 unspecified atom stereocenters. The van der Waals surface area contributed by atoms with Crippen LogP contribution in [0.15, 0.2) is 0 Å². The molecule has 0 aliphatic heterocycles. The maximum atomic E-state index is 14.0. The first-order valence-corrected chi connectivity index (χ1v) is 14.9. The Bertz CT molecular complexity index is 1250. The smallest absolute Gasteiger partial charge is 0.344 e. The van der Waals surface area contributed by atoms with E-state index in [1.54, 1.807) is 67.8 Å². The summed E-state index contributed by atoms with van der Waals surface area (Å²) in [5.41, 5.74) is -2.26. The molecule has 1 aromatic rings. The van der Waals surface area contributed by atoms with Gasteiger partial charge in [0.15, 0.2) is 0 Å². The average Bonchev–Trinajstić information content (AvgIpc) is 2.96. The Kier molecular flexibility index (Phi) is 16.2. The summed E-state index contributed by atoms with van der Waals surface area (Å²) in [5, 5.41) is 2.57. The van der Waals surface area contributed by atoms with Crippen molar-refractivity contribution in [3.8, 4) is 0 Å². The largest absolute Gasteiger partial charge is 0.468 e. The van der Waals surface area contributed by atoms with E-state index in [4.69, 9.17) is 16.3 Å². The number of halogens is 4. The number of alkyl halides is 1. The second-order valence-electron chi connectivity index (χ2n) is 7.73. The zero-order chi connectivity index (χ0) is 32.3. The summed E-state index contributed by atoms with van der Waals surface area (Å²) < 4.78 is 23.6. The minimum absolute atomic E-state index is 0.0105. The van der Waals surface area contributed by atoms with Crippen molar-refractivity contribution < 1.29 is 57.2 Å². The van der Waals surface area contributed by atoms with Gasteiger partial charge in [-0.1, -0.05) is 11.6 Å². The molecule has 0 bridgehead atoms. The van der Waals surface area contributed by atoms with Gasteiger partial charge in [0.2, 0.25) is 11.4 Å². The van der Waals surface area contributed by atoms with E-state index in [1.165, 1.54) is 7.11 Å². The minimum Gasteiger partial charge on any atom is -0.468 e.